The predicted molar refractivity (Wildman–Crippen MR) is 79.3 cm³/mol. The van der Waals surface area contributed by atoms with E-state index in [0.717, 1.165) is 52.1 Å². The number of rotatable bonds is 3. The van der Waals surface area contributed by atoms with Crippen LogP contribution in [0.2, 0.25) is 0 Å². The molecule has 0 bridgehead atoms. The maximum Gasteiger partial charge on any atom is 0.239 e. The van der Waals surface area contributed by atoms with Crippen LogP contribution >= 0.6 is 0 Å². The van der Waals surface area contributed by atoms with Gasteiger partial charge in [-0.1, -0.05) is 30.3 Å². The SMILES string of the molecule is O=C(C1CCCN1)N1CCN(Cc2ccccc2)CC1. The van der Waals surface area contributed by atoms with Crippen molar-refractivity contribution in [2.24, 2.45) is 0 Å². The number of hydrogen-bond acceptors (Lipinski definition) is 3. The van der Waals surface area contributed by atoms with Gasteiger partial charge in [-0.15, -0.1) is 0 Å². The molecule has 1 aromatic rings. The Labute approximate surface area is 120 Å². The Morgan fingerprint density at radius 3 is 2.55 bits per heavy atom. The first kappa shape index (κ1) is 13.6. The van der Waals surface area contributed by atoms with Crippen molar-refractivity contribution in [3.05, 3.63) is 35.9 Å². The largest absolute Gasteiger partial charge is 0.339 e. The highest BCUT2D eigenvalue weighted by Crippen LogP contribution is 2.12. The highest BCUT2D eigenvalue weighted by atomic mass is 16.2. The summed E-state index contributed by atoms with van der Waals surface area (Å²) in [7, 11) is 0. The Bertz CT molecular complexity index is 434. The topological polar surface area (TPSA) is 35.6 Å². The van der Waals surface area contributed by atoms with E-state index in [1.807, 2.05) is 4.90 Å². The zero-order chi connectivity index (χ0) is 13.8. The van der Waals surface area contributed by atoms with Gasteiger partial charge in [0.25, 0.3) is 0 Å². The van der Waals surface area contributed by atoms with Gasteiger partial charge >= 0.3 is 0 Å². The van der Waals surface area contributed by atoms with Crippen LogP contribution in [0.5, 0.6) is 0 Å². The summed E-state index contributed by atoms with van der Waals surface area (Å²) < 4.78 is 0. The fourth-order valence-electron chi connectivity index (χ4n) is 3.08. The molecular formula is C16H23N3O. The lowest BCUT2D eigenvalue weighted by molar-refractivity contribution is -0.134. The maximum atomic E-state index is 12.3. The van der Waals surface area contributed by atoms with E-state index in [9.17, 15) is 4.79 Å². The van der Waals surface area contributed by atoms with Crippen molar-refractivity contribution in [1.82, 2.24) is 15.1 Å². The minimum atomic E-state index is 0.0793. The van der Waals surface area contributed by atoms with Crippen molar-refractivity contribution in [2.45, 2.75) is 25.4 Å². The van der Waals surface area contributed by atoms with E-state index >= 15 is 0 Å². The van der Waals surface area contributed by atoms with E-state index in [0.29, 0.717) is 5.91 Å². The zero-order valence-electron chi connectivity index (χ0n) is 11.9. The van der Waals surface area contributed by atoms with Gasteiger partial charge < -0.3 is 10.2 Å². The number of benzene rings is 1. The van der Waals surface area contributed by atoms with Crippen LogP contribution in [0.25, 0.3) is 0 Å². The summed E-state index contributed by atoms with van der Waals surface area (Å²) in [6.07, 6.45) is 2.13. The Morgan fingerprint density at radius 1 is 1.15 bits per heavy atom. The van der Waals surface area contributed by atoms with Crippen LogP contribution in [0.15, 0.2) is 30.3 Å². The van der Waals surface area contributed by atoms with E-state index in [1.54, 1.807) is 0 Å². The molecule has 2 aliphatic rings. The van der Waals surface area contributed by atoms with Gasteiger partial charge in [-0.25, -0.2) is 0 Å². The molecule has 1 atom stereocenters. The third kappa shape index (κ3) is 3.19. The molecular weight excluding hydrogens is 250 g/mol. The van der Waals surface area contributed by atoms with Crippen LogP contribution in [-0.2, 0) is 11.3 Å². The average molecular weight is 273 g/mol. The molecule has 0 aliphatic carbocycles. The second-order valence-corrected chi connectivity index (χ2v) is 5.74. The molecule has 4 nitrogen and oxygen atoms in total. The van der Waals surface area contributed by atoms with Crippen LogP contribution in [-0.4, -0.2) is 54.5 Å². The van der Waals surface area contributed by atoms with Crippen LogP contribution in [0.1, 0.15) is 18.4 Å². The van der Waals surface area contributed by atoms with Crippen molar-refractivity contribution < 1.29 is 4.79 Å². The summed E-state index contributed by atoms with van der Waals surface area (Å²) in [6.45, 7) is 5.67. The fourth-order valence-corrected chi connectivity index (χ4v) is 3.08. The van der Waals surface area contributed by atoms with Gasteiger partial charge in [0, 0.05) is 32.7 Å². The summed E-state index contributed by atoms with van der Waals surface area (Å²) in [5.41, 5.74) is 1.35. The minimum Gasteiger partial charge on any atom is -0.339 e. The number of hydrogen-bond donors (Lipinski definition) is 1. The first-order valence-corrected chi connectivity index (χ1v) is 7.61. The first-order chi connectivity index (χ1) is 9.83. The Kier molecular flexibility index (Phi) is 4.33. The molecule has 2 heterocycles. The highest BCUT2D eigenvalue weighted by molar-refractivity contribution is 5.82. The molecule has 0 saturated carbocycles. The molecule has 1 aromatic carbocycles. The number of amides is 1. The number of piperazine rings is 1. The van der Waals surface area contributed by atoms with Crippen LogP contribution in [0, 0.1) is 0 Å². The van der Waals surface area contributed by atoms with Gasteiger partial charge in [-0.3, -0.25) is 9.69 Å². The Hall–Kier alpha value is -1.39. The Morgan fingerprint density at radius 2 is 1.90 bits per heavy atom. The monoisotopic (exact) mass is 273 g/mol. The van der Waals surface area contributed by atoms with Gasteiger partial charge in [0.2, 0.25) is 5.91 Å². The second kappa shape index (κ2) is 6.37. The second-order valence-electron chi connectivity index (χ2n) is 5.74. The molecule has 1 unspecified atom stereocenters. The van der Waals surface area contributed by atoms with Crippen molar-refractivity contribution in [1.29, 1.82) is 0 Å². The van der Waals surface area contributed by atoms with Crippen molar-refractivity contribution in [3.63, 3.8) is 0 Å². The molecule has 108 valence electrons. The van der Waals surface area contributed by atoms with Gasteiger partial charge in [-0.2, -0.15) is 0 Å². The smallest absolute Gasteiger partial charge is 0.239 e. The van der Waals surface area contributed by atoms with Crippen molar-refractivity contribution in [2.75, 3.05) is 32.7 Å². The van der Waals surface area contributed by atoms with Gasteiger partial charge in [-0.05, 0) is 24.9 Å². The normalized spacial score (nSPS) is 24.0. The fraction of sp³-hybridized carbons (Fsp3) is 0.562. The summed E-state index contributed by atoms with van der Waals surface area (Å²) in [4.78, 5) is 16.8. The van der Waals surface area contributed by atoms with E-state index in [1.165, 1.54) is 5.56 Å². The van der Waals surface area contributed by atoms with E-state index < -0.39 is 0 Å². The van der Waals surface area contributed by atoms with Crippen LogP contribution in [0.4, 0.5) is 0 Å². The maximum absolute atomic E-state index is 12.3. The quantitative estimate of drug-likeness (QED) is 0.895. The van der Waals surface area contributed by atoms with Gasteiger partial charge in [0.05, 0.1) is 6.04 Å². The number of carbonyl (C=O) groups is 1. The standard InChI is InChI=1S/C16H23N3O/c20-16(15-7-4-8-17-15)19-11-9-18(10-12-19)13-14-5-2-1-3-6-14/h1-3,5-6,15,17H,4,7-13H2. The molecule has 0 aromatic heterocycles. The lowest BCUT2D eigenvalue weighted by atomic mass is 10.1. The number of carbonyl (C=O) groups excluding carboxylic acids is 1. The highest BCUT2D eigenvalue weighted by Gasteiger charge is 2.28. The summed E-state index contributed by atoms with van der Waals surface area (Å²) >= 11 is 0. The lowest BCUT2D eigenvalue weighted by Gasteiger charge is -2.36. The molecule has 2 aliphatic heterocycles. The molecule has 4 heteroatoms. The molecule has 0 radical (unpaired) electrons. The van der Waals surface area contributed by atoms with E-state index in [2.05, 4.69) is 40.5 Å². The molecule has 2 fully saturated rings. The lowest BCUT2D eigenvalue weighted by Crippen LogP contribution is -2.52. The summed E-state index contributed by atoms with van der Waals surface area (Å²) in [6, 6.07) is 10.6. The third-order valence-corrected chi connectivity index (χ3v) is 4.29. The number of nitrogens with one attached hydrogen (secondary N) is 1. The van der Waals surface area contributed by atoms with Crippen LogP contribution < -0.4 is 5.32 Å². The first-order valence-electron chi connectivity index (χ1n) is 7.61. The van der Waals surface area contributed by atoms with E-state index in [4.69, 9.17) is 0 Å². The predicted octanol–water partition coefficient (Wildman–Crippen LogP) is 1.08. The molecule has 1 amide bonds. The third-order valence-electron chi connectivity index (χ3n) is 4.29. The molecule has 0 spiro atoms. The summed E-state index contributed by atoms with van der Waals surface area (Å²) in [5, 5.41) is 3.30. The average Bonchev–Trinajstić information content (AvgIpc) is 3.03. The van der Waals surface area contributed by atoms with Crippen molar-refractivity contribution >= 4 is 5.91 Å². The molecule has 3 rings (SSSR count). The molecule has 2 saturated heterocycles. The van der Waals surface area contributed by atoms with E-state index in [-0.39, 0.29) is 6.04 Å². The van der Waals surface area contributed by atoms with Crippen LogP contribution in [0.3, 0.4) is 0 Å². The minimum absolute atomic E-state index is 0.0793. The number of nitrogens with zero attached hydrogens (tertiary/aromatic N) is 2. The van der Waals surface area contributed by atoms with Crippen molar-refractivity contribution in [3.8, 4) is 0 Å². The zero-order valence-corrected chi connectivity index (χ0v) is 11.9. The molecule has 20 heavy (non-hydrogen) atoms. The Balaban J connectivity index is 1.48. The van der Waals surface area contributed by atoms with Gasteiger partial charge in [0.15, 0.2) is 0 Å². The summed E-state index contributed by atoms with van der Waals surface area (Å²) in [5.74, 6) is 0.307. The van der Waals surface area contributed by atoms with Gasteiger partial charge in [0.1, 0.15) is 0 Å². The molecule has 1 N–H and O–H groups in total.